The van der Waals surface area contributed by atoms with E-state index in [1.807, 2.05) is 36.4 Å². The van der Waals surface area contributed by atoms with Gasteiger partial charge in [0.25, 0.3) is 0 Å². The Labute approximate surface area is 225 Å². The Hall–Kier alpha value is -2.92. The Morgan fingerprint density at radius 1 is 0.917 bits per heavy atom. The number of nitrogens with two attached hydrogens (primary N) is 1. The van der Waals surface area contributed by atoms with Crippen molar-refractivity contribution in [1.29, 1.82) is 0 Å². The second-order valence-electron chi connectivity index (χ2n) is 10.2. The molecule has 2 N–H and O–H groups in total. The van der Waals surface area contributed by atoms with Crippen LogP contribution in [-0.2, 0) is 16.8 Å². The molecular formula is C31H36BrN3O. The van der Waals surface area contributed by atoms with Crippen molar-refractivity contribution in [3.05, 3.63) is 107 Å². The van der Waals surface area contributed by atoms with Crippen LogP contribution in [0.5, 0.6) is 0 Å². The lowest BCUT2D eigenvalue weighted by Gasteiger charge is -2.37. The molecule has 3 aromatic rings. The highest BCUT2D eigenvalue weighted by Gasteiger charge is 2.52. The van der Waals surface area contributed by atoms with Crippen LogP contribution in [0.3, 0.4) is 0 Å². The van der Waals surface area contributed by atoms with E-state index in [1.165, 1.54) is 17.0 Å². The summed E-state index contributed by atoms with van der Waals surface area (Å²) >= 11 is 0. The number of carbonyl (C=O) groups is 1. The molecule has 1 aliphatic heterocycles. The number of rotatable bonds is 7. The van der Waals surface area contributed by atoms with Crippen molar-refractivity contribution in [3.63, 3.8) is 0 Å². The summed E-state index contributed by atoms with van der Waals surface area (Å²) in [5.41, 5.74) is 10.2. The maximum Gasteiger partial charge on any atom is 0.244 e. The first-order valence-corrected chi connectivity index (χ1v) is 12.8. The van der Waals surface area contributed by atoms with Gasteiger partial charge in [-0.1, -0.05) is 84.9 Å². The minimum absolute atomic E-state index is 0. The van der Waals surface area contributed by atoms with Gasteiger partial charge in [-0.3, -0.25) is 14.3 Å². The van der Waals surface area contributed by atoms with E-state index in [0.29, 0.717) is 6.04 Å². The highest BCUT2D eigenvalue weighted by atomic mass is 79.9. The van der Waals surface area contributed by atoms with Crippen molar-refractivity contribution in [2.45, 2.75) is 51.1 Å². The molecule has 3 aromatic carbocycles. The molecule has 0 saturated heterocycles. The van der Waals surface area contributed by atoms with Crippen molar-refractivity contribution >= 4 is 11.7 Å². The number of aryl methyl sites for hydroxylation is 1. The molecule has 5 heteroatoms. The van der Waals surface area contributed by atoms with Crippen LogP contribution in [0.1, 0.15) is 48.4 Å². The Bertz CT molecular complexity index is 1190. The fourth-order valence-corrected chi connectivity index (χ4v) is 6.53. The van der Waals surface area contributed by atoms with Crippen LogP contribution in [0.25, 0.3) is 0 Å². The summed E-state index contributed by atoms with van der Waals surface area (Å²) in [7, 11) is 0. The van der Waals surface area contributed by atoms with E-state index in [1.54, 1.807) is 0 Å². The molecule has 0 unspecified atom stereocenters. The summed E-state index contributed by atoms with van der Waals surface area (Å²) in [6, 6.07) is 29.4. The molecule has 4 nitrogen and oxygen atoms in total. The summed E-state index contributed by atoms with van der Waals surface area (Å²) in [4.78, 5) is 16.0. The molecule has 1 saturated carbocycles. The van der Waals surface area contributed by atoms with Gasteiger partial charge in [0.05, 0.1) is 6.04 Å². The molecule has 1 fully saturated rings. The molecule has 2 atom stereocenters. The predicted molar refractivity (Wildman–Crippen MR) is 141 cm³/mol. The van der Waals surface area contributed by atoms with Gasteiger partial charge < -0.3 is 22.7 Å². The molecule has 36 heavy (non-hydrogen) atoms. The van der Waals surface area contributed by atoms with Gasteiger partial charge in [0, 0.05) is 6.92 Å². The molecular weight excluding hydrogens is 510 g/mol. The monoisotopic (exact) mass is 545 g/mol. The Kier molecular flexibility index (Phi) is 7.99. The van der Waals surface area contributed by atoms with Gasteiger partial charge in [-0.05, 0) is 54.4 Å². The standard InChI is InChI=1S/C31H35N3O.BrH/c1-23-11-9-10-12-25(23)22-33-19-20-34(24(33)2)29-18-17-28(21-29)31(30(32)35,26-13-5-3-6-14-26)27-15-7-4-8-16-27;/h3-16,28-29H,17-22H2,1-2H3,(H-,32,35);1H/t28-,29+;/m0./s1. The Balaban J connectivity index is 0.00000304. The van der Waals surface area contributed by atoms with Gasteiger partial charge in [0.2, 0.25) is 11.7 Å². The maximum absolute atomic E-state index is 13.4. The van der Waals surface area contributed by atoms with Gasteiger partial charge in [0.1, 0.15) is 25.0 Å². The Morgan fingerprint density at radius 3 is 2.08 bits per heavy atom. The van der Waals surface area contributed by atoms with Crippen molar-refractivity contribution in [2.24, 2.45) is 11.7 Å². The minimum Gasteiger partial charge on any atom is -1.00 e. The predicted octanol–water partition coefficient (Wildman–Crippen LogP) is 1.89. The molecule has 1 amide bonds. The number of primary amides is 1. The quantitative estimate of drug-likeness (QED) is 0.461. The first kappa shape index (κ1) is 26.2. The lowest BCUT2D eigenvalue weighted by atomic mass is 9.64. The lowest BCUT2D eigenvalue weighted by molar-refractivity contribution is -0.534. The normalized spacial score (nSPS) is 19.9. The maximum atomic E-state index is 13.4. The summed E-state index contributed by atoms with van der Waals surface area (Å²) < 4.78 is 2.51. The largest absolute Gasteiger partial charge is 1.00 e. The third-order valence-electron chi connectivity index (χ3n) is 8.41. The van der Waals surface area contributed by atoms with Gasteiger partial charge in [0.15, 0.2) is 0 Å². The zero-order valence-electron chi connectivity index (χ0n) is 21.2. The number of amidine groups is 1. The first-order chi connectivity index (χ1) is 17.0. The number of hydrogen-bond acceptors (Lipinski definition) is 2. The smallest absolute Gasteiger partial charge is 0.244 e. The first-order valence-electron chi connectivity index (χ1n) is 12.8. The fraction of sp³-hybridized carbons (Fsp3) is 0.355. The van der Waals surface area contributed by atoms with Crippen LogP contribution in [0, 0.1) is 12.8 Å². The molecule has 0 radical (unpaired) electrons. The average molecular weight is 547 g/mol. The van der Waals surface area contributed by atoms with Crippen LogP contribution in [0.4, 0.5) is 0 Å². The van der Waals surface area contributed by atoms with Crippen LogP contribution in [0.2, 0.25) is 0 Å². The van der Waals surface area contributed by atoms with Crippen molar-refractivity contribution in [3.8, 4) is 0 Å². The van der Waals surface area contributed by atoms with Crippen molar-refractivity contribution in [2.75, 3.05) is 13.1 Å². The number of amides is 1. The van der Waals surface area contributed by atoms with E-state index >= 15 is 0 Å². The third-order valence-corrected chi connectivity index (χ3v) is 8.41. The summed E-state index contributed by atoms with van der Waals surface area (Å²) in [5, 5.41) is 0. The number of hydrogen-bond donors (Lipinski definition) is 1. The molecule has 5 rings (SSSR count). The average Bonchev–Trinajstić information content (AvgIpc) is 3.49. The molecule has 0 aromatic heterocycles. The molecule has 2 aliphatic rings. The SMILES string of the molecule is CC1=[N+](Cc2ccccc2C)CCN1[C@@H]1CC[C@H](C(C(N)=O)(c2ccccc2)c2ccccc2)C1.[Br-]. The lowest BCUT2D eigenvalue weighted by Crippen LogP contribution is -3.00. The molecule has 1 aliphatic carbocycles. The number of carbonyl (C=O) groups excluding carboxylic acids is 1. The van der Waals surface area contributed by atoms with Gasteiger partial charge >= 0.3 is 0 Å². The Morgan fingerprint density at radius 2 is 1.50 bits per heavy atom. The van der Waals surface area contributed by atoms with Gasteiger partial charge in [-0.2, -0.15) is 0 Å². The number of halogens is 1. The van der Waals surface area contributed by atoms with Crippen molar-refractivity contribution in [1.82, 2.24) is 4.90 Å². The van der Waals surface area contributed by atoms with Crippen LogP contribution >= 0.6 is 0 Å². The second-order valence-corrected chi connectivity index (χ2v) is 10.2. The summed E-state index contributed by atoms with van der Waals surface area (Å²) in [6.45, 7) is 7.48. The van der Waals surface area contributed by atoms with E-state index in [0.717, 1.165) is 50.0 Å². The van der Waals surface area contributed by atoms with Gasteiger partial charge in [-0.15, -0.1) is 0 Å². The van der Waals surface area contributed by atoms with Crippen LogP contribution in [0.15, 0.2) is 84.9 Å². The number of benzene rings is 3. The zero-order chi connectivity index (χ0) is 24.4. The molecule has 1 heterocycles. The second kappa shape index (κ2) is 11.0. The zero-order valence-corrected chi connectivity index (χ0v) is 22.8. The van der Waals surface area contributed by atoms with E-state index in [2.05, 4.69) is 71.9 Å². The van der Waals surface area contributed by atoms with Crippen LogP contribution in [-0.4, -0.2) is 40.3 Å². The third kappa shape index (κ3) is 4.61. The molecule has 188 valence electrons. The highest BCUT2D eigenvalue weighted by Crippen LogP contribution is 2.48. The van der Waals surface area contributed by atoms with E-state index in [-0.39, 0.29) is 28.8 Å². The van der Waals surface area contributed by atoms with Crippen molar-refractivity contribution < 1.29 is 26.4 Å². The van der Waals surface area contributed by atoms with E-state index in [9.17, 15) is 4.79 Å². The number of nitrogens with zero attached hydrogens (tertiary/aromatic N) is 2. The highest BCUT2D eigenvalue weighted by molar-refractivity contribution is 5.91. The summed E-state index contributed by atoms with van der Waals surface area (Å²) in [6.07, 6.45) is 3.02. The fourth-order valence-electron chi connectivity index (χ4n) is 6.53. The van der Waals surface area contributed by atoms with E-state index < -0.39 is 5.41 Å². The molecule has 0 bridgehead atoms. The van der Waals surface area contributed by atoms with Crippen LogP contribution < -0.4 is 22.7 Å². The van der Waals surface area contributed by atoms with Gasteiger partial charge in [-0.25, -0.2) is 0 Å². The topological polar surface area (TPSA) is 49.3 Å². The van der Waals surface area contributed by atoms with E-state index in [4.69, 9.17) is 5.73 Å². The minimum atomic E-state index is -0.814. The summed E-state index contributed by atoms with van der Waals surface area (Å²) in [5.74, 6) is 1.26. The molecule has 0 spiro atoms.